The van der Waals surface area contributed by atoms with Crippen LogP contribution in [0.3, 0.4) is 0 Å². The summed E-state index contributed by atoms with van der Waals surface area (Å²) in [4.78, 5) is 5.44. The van der Waals surface area contributed by atoms with Crippen LogP contribution in [0.1, 0.15) is 5.56 Å². The molecule has 0 atom stereocenters. The van der Waals surface area contributed by atoms with Crippen LogP contribution < -0.4 is 5.73 Å². The topological polar surface area (TPSA) is 38.9 Å². The molecule has 0 spiro atoms. The third-order valence-electron chi connectivity index (χ3n) is 1.81. The molecule has 1 aromatic heterocycles. The normalized spacial score (nSPS) is 10.4. The zero-order valence-corrected chi connectivity index (χ0v) is 9.36. The van der Waals surface area contributed by atoms with Gasteiger partial charge in [-0.25, -0.2) is 4.98 Å². The number of aryl methyl sites for hydroxylation is 1. The highest BCUT2D eigenvalue weighted by atomic mass is 32.2. The van der Waals surface area contributed by atoms with Gasteiger partial charge in [0.2, 0.25) is 0 Å². The van der Waals surface area contributed by atoms with E-state index in [9.17, 15) is 0 Å². The van der Waals surface area contributed by atoms with Gasteiger partial charge < -0.3 is 5.73 Å². The van der Waals surface area contributed by atoms with Crippen LogP contribution in [0.4, 0.5) is 5.69 Å². The van der Waals surface area contributed by atoms with Gasteiger partial charge in [0, 0.05) is 22.2 Å². The number of benzene rings is 1. The van der Waals surface area contributed by atoms with Gasteiger partial charge in [0.1, 0.15) is 0 Å². The summed E-state index contributed by atoms with van der Waals surface area (Å²) in [5.41, 5.74) is 7.69. The maximum Gasteiger partial charge on any atom is 0.154 e. The minimum atomic E-state index is 0.811. The lowest BCUT2D eigenvalue weighted by Gasteiger charge is -2.03. The van der Waals surface area contributed by atoms with Crippen LogP contribution in [0.15, 0.2) is 39.0 Å². The Morgan fingerprint density at radius 1 is 1.43 bits per heavy atom. The highest BCUT2D eigenvalue weighted by molar-refractivity contribution is 8.01. The van der Waals surface area contributed by atoms with Gasteiger partial charge in [-0.1, -0.05) is 11.8 Å². The molecular formula is C10H10N2S2. The van der Waals surface area contributed by atoms with Crippen LogP contribution in [0, 0.1) is 6.92 Å². The lowest BCUT2D eigenvalue weighted by atomic mass is 10.2. The van der Waals surface area contributed by atoms with Crippen LogP contribution in [-0.2, 0) is 0 Å². The average Bonchev–Trinajstić information content (AvgIpc) is 2.62. The molecule has 14 heavy (non-hydrogen) atoms. The largest absolute Gasteiger partial charge is 0.399 e. The van der Waals surface area contributed by atoms with Gasteiger partial charge in [0.05, 0.1) is 0 Å². The molecule has 4 heteroatoms. The number of aromatic nitrogens is 1. The first-order chi connectivity index (χ1) is 6.75. The maximum absolute atomic E-state index is 5.68. The van der Waals surface area contributed by atoms with Crippen molar-refractivity contribution >= 4 is 28.8 Å². The van der Waals surface area contributed by atoms with E-state index in [1.54, 1.807) is 23.1 Å². The molecule has 1 aromatic carbocycles. The first-order valence-corrected chi connectivity index (χ1v) is 5.89. The van der Waals surface area contributed by atoms with E-state index >= 15 is 0 Å². The minimum absolute atomic E-state index is 0.811. The predicted octanol–water partition coefficient (Wildman–Crippen LogP) is 3.18. The Bertz CT molecular complexity index is 424. The fraction of sp³-hybridized carbons (Fsp3) is 0.100. The van der Waals surface area contributed by atoms with E-state index in [1.165, 1.54) is 10.5 Å². The molecule has 1 heterocycles. The summed E-state index contributed by atoms with van der Waals surface area (Å²) in [7, 11) is 0. The Kier molecular flexibility index (Phi) is 2.74. The van der Waals surface area contributed by atoms with Gasteiger partial charge in [0.25, 0.3) is 0 Å². The molecule has 0 aliphatic heterocycles. The maximum atomic E-state index is 5.68. The fourth-order valence-corrected chi connectivity index (χ4v) is 2.79. The molecule has 0 saturated carbocycles. The van der Waals surface area contributed by atoms with Crippen molar-refractivity contribution < 1.29 is 0 Å². The quantitative estimate of drug-likeness (QED) is 0.793. The molecule has 0 radical (unpaired) electrons. The fourth-order valence-electron chi connectivity index (χ4n) is 1.14. The highest BCUT2D eigenvalue weighted by Crippen LogP contribution is 2.32. The number of anilines is 1. The van der Waals surface area contributed by atoms with E-state index in [1.807, 2.05) is 29.8 Å². The van der Waals surface area contributed by atoms with Gasteiger partial charge in [-0.05, 0) is 30.7 Å². The summed E-state index contributed by atoms with van der Waals surface area (Å²) in [5, 5.41) is 1.98. The average molecular weight is 222 g/mol. The molecule has 2 rings (SSSR count). The third kappa shape index (κ3) is 2.08. The Hall–Kier alpha value is -1.00. The zero-order chi connectivity index (χ0) is 9.97. The van der Waals surface area contributed by atoms with E-state index in [2.05, 4.69) is 11.9 Å². The van der Waals surface area contributed by atoms with Crippen LogP contribution >= 0.6 is 23.1 Å². The van der Waals surface area contributed by atoms with Gasteiger partial charge in [-0.2, -0.15) is 0 Å². The molecule has 2 N–H and O–H groups in total. The molecule has 0 bridgehead atoms. The number of nitrogens with zero attached hydrogens (tertiary/aromatic N) is 1. The number of hydrogen-bond acceptors (Lipinski definition) is 4. The monoisotopic (exact) mass is 222 g/mol. The number of nitrogens with two attached hydrogens (primary N) is 1. The van der Waals surface area contributed by atoms with E-state index in [0.717, 1.165) is 10.0 Å². The second-order valence-electron chi connectivity index (χ2n) is 2.93. The van der Waals surface area contributed by atoms with Crippen molar-refractivity contribution in [3.05, 3.63) is 35.3 Å². The molecule has 2 aromatic rings. The molecule has 72 valence electrons. The second-order valence-corrected chi connectivity index (χ2v) is 5.11. The van der Waals surface area contributed by atoms with Crippen molar-refractivity contribution in [2.45, 2.75) is 16.2 Å². The standard InChI is InChI=1S/C10H10N2S2/c1-7-6-8(11)2-3-9(7)14-10-12-4-5-13-10/h2-6H,11H2,1H3. The van der Waals surface area contributed by atoms with Crippen molar-refractivity contribution in [3.8, 4) is 0 Å². The lowest BCUT2D eigenvalue weighted by molar-refractivity contribution is 1.23. The third-order valence-corrected chi connectivity index (χ3v) is 3.87. The molecule has 0 amide bonds. The predicted molar refractivity (Wildman–Crippen MR) is 61.8 cm³/mol. The molecule has 2 nitrogen and oxygen atoms in total. The summed E-state index contributed by atoms with van der Waals surface area (Å²) in [6, 6.07) is 5.94. The van der Waals surface area contributed by atoms with Gasteiger partial charge >= 0.3 is 0 Å². The van der Waals surface area contributed by atoms with Crippen molar-refractivity contribution in [2.24, 2.45) is 0 Å². The van der Waals surface area contributed by atoms with E-state index in [4.69, 9.17) is 5.73 Å². The van der Waals surface area contributed by atoms with Gasteiger partial charge in [0.15, 0.2) is 4.34 Å². The zero-order valence-electron chi connectivity index (χ0n) is 7.73. The molecule has 0 unspecified atom stereocenters. The summed E-state index contributed by atoms with van der Waals surface area (Å²) >= 11 is 3.33. The first-order valence-electron chi connectivity index (χ1n) is 4.19. The van der Waals surface area contributed by atoms with E-state index < -0.39 is 0 Å². The number of rotatable bonds is 2. The summed E-state index contributed by atoms with van der Waals surface area (Å²) < 4.78 is 1.07. The SMILES string of the molecule is Cc1cc(N)ccc1Sc1nccs1. The Labute approximate surface area is 91.2 Å². The summed E-state index contributed by atoms with van der Waals surface area (Å²) in [6.45, 7) is 2.06. The van der Waals surface area contributed by atoms with Crippen LogP contribution in [0.2, 0.25) is 0 Å². The highest BCUT2D eigenvalue weighted by Gasteiger charge is 2.02. The van der Waals surface area contributed by atoms with Crippen LogP contribution in [-0.4, -0.2) is 4.98 Å². The number of nitrogen functional groups attached to an aromatic ring is 1. The van der Waals surface area contributed by atoms with Crippen molar-refractivity contribution in [2.75, 3.05) is 5.73 Å². The van der Waals surface area contributed by atoms with Crippen molar-refractivity contribution in [1.82, 2.24) is 4.98 Å². The van der Waals surface area contributed by atoms with Crippen molar-refractivity contribution in [3.63, 3.8) is 0 Å². The Morgan fingerprint density at radius 2 is 2.29 bits per heavy atom. The second kappa shape index (κ2) is 4.02. The molecular weight excluding hydrogens is 212 g/mol. The van der Waals surface area contributed by atoms with Crippen LogP contribution in [0.5, 0.6) is 0 Å². The number of thiazole rings is 1. The lowest BCUT2D eigenvalue weighted by Crippen LogP contribution is -1.86. The smallest absolute Gasteiger partial charge is 0.154 e. The van der Waals surface area contributed by atoms with Crippen molar-refractivity contribution in [1.29, 1.82) is 0 Å². The van der Waals surface area contributed by atoms with Gasteiger partial charge in [-0.3, -0.25) is 0 Å². The molecule has 0 fully saturated rings. The van der Waals surface area contributed by atoms with E-state index in [-0.39, 0.29) is 0 Å². The van der Waals surface area contributed by atoms with Crippen LogP contribution in [0.25, 0.3) is 0 Å². The summed E-state index contributed by atoms with van der Waals surface area (Å²) in [6.07, 6.45) is 1.82. The van der Waals surface area contributed by atoms with Gasteiger partial charge in [-0.15, -0.1) is 11.3 Å². The molecule has 0 aliphatic carbocycles. The number of hydrogen-bond donors (Lipinski definition) is 1. The van der Waals surface area contributed by atoms with E-state index in [0.29, 0.717) is 0 Å². The molecule has 0 saturated heterocycles. The first kappa shape index (κ1) is 9.55. The Balaban J connectivity index is 2.25. The summed E-state index contributed by atoms with van der Waals surface area (Å²) in [5.74, 6) is 0. The molecule has 0 aliphatic rings. The minimum Gasteiger partial charge on any atom is -0.399 e. The Morgan fingerprint density at radius 3 is 2.93 bits per heavy atom.